The lowest BCUT2D eigenvalue weighted by Crippen LogP contribution is -2.63. The third-order valence-electron chi connectivity index (χ3n) is 19.5. The van der Waals surface area contributed by atoms with Gasteiger partial charge in [-0.05, 0) is 122 Å². The third kappa shape index (κ3) is 7.89. The highest BCUT2D eigenvalue weighted by Gasteiger charge is 2.84. The van der Waals surface area contributed by atoms with Crippen molar-refractivity contribution in [2.75, 3.05) is 19.8 Å². The molecule has 3 aliphatic heterocycles. The molecule has 0 unspecified atom stereocenters. The van der Waals surface area contributed by atoms with E-state index in [4.69, 9.17) is 28.4 Å². The molecule has 0 aromatic heterocycles. The molecule has 0 aromatic rings. The molecular formula is C47H80O19. The van der Waals surface area contributed by atoms with Crippen LogP contribution >= 0.6 is 0 Å². The van der Waals surface area contributed by atoms with Crippen LogP contribution in [0.2, 0.25) is 0 Å². The Bertz CT molecular complexity index is 1700. The summed E-state index contributed by atoms with van der Waals surface area (Å²) in [6.07, 6.45) is -17.1. The van der Waals surface area contributed by atoms with Gasteiger partial charge in [-0.25, -0.2) is 0 Å². The summed E-state index contributed by atoms with van der Waals surface area (Å²) in [5, 5.41) is 139. The summed E-state index contributed by atoms with van der Waals surface area (Å²) < 4.78 is 36.5. The van der Waals surface area contributed by atoms with Gasteiger partial charge in [-0.1, -0.05) is 34.6 Å². The smallest absolute Gasteiger partial charge is 0.187 e. The Labute approximate surface area is 386 Å². The highest BCUT2D eigenvalue weighted by Crippen LogP contribution is 2.89. The molecule has 0 amide bonds. The fraction of sp³-hybridized carbons (Fsp3) is 1.00. The standard InChI is InChI=1S/C47H80O19/c1-20(8-9-27(52)43(4,5)66-41-37(60)34(57)32(55)25(17-49)64-41)29-23(62-40-36(59)33(56)31(54)24(16-48)63-40)15-45(7)26-14-21(50)38-42(2,3)28(65-39-35(58)30(53)22(51)18-61-39)10-11-47(38)19-46(26,47)13-12-44(29,45)6/h20-41,48-60H,8-19H2,1-7H3/t20-,21+,22-,23+,24-,25-,26+,27-,28+,29+,30+,31-,32-,33+,34+,35-,36-,37-,38+,39+,40-,41+,44-,45+,46+,47-/m1/s1. The first-order valence-electron chi connectivity index (χ1n) is 24.4. The van der Waals surface area contributed by atoms with Gasteiger partial charge in [0, 0.05) is 0 Å². The number of aliphatic hydroxyl groups is 13. The van der Waals surface area contributed by atoms with Crippen molar-refractivity contribution in [3.8, 4) is 0 Å². The number of hydrogen-bond acceptors (Lipinski definition) is 19. The van der Waals surface area contributed by atoms with Gasteiger partial charge in [0.25, 0.3) is 0 Å². The van der Waals surface area contributed by atoms with Crippen LogP contribution in [0, 0.1) is 50.7 Å². The van der Waals surface area contributed by atoms with E-state index in [1.54, 1.807) is 13.8 Å². The number of hydrogen-bond donors (Lipinski definition) is 13. The van der Waals surface area contributed by atoms with E-state index in [0.717, 1.165) is 25.7 Å². The minimum absolute atomic E-state index is 0.0537. The maximum Gasteiger partial charge on any atom is 0.187 e. The topological polar surface area (TPSA) is 318 Å². The fourth-order valence-corrected chi connectivity index (χ4v) is 15.7. The average Bonchev–Trinajstić information content (AvgIpc) is 3.85. The molecule has 26 atom stereocenters. The van der Waals surface area contributed by atoms with E-state index in [1.807, 2.05) is 0 Å². The maximum atomic E-state index is 12.5. The van der Waals surface area contributed by atoms with E-state index in [9.17, 15) is 66.4 Å². The zero-order chi connectivity index (χ0) is 48.4. The predicted octanol–water partition coefficient (Wildman–Crippen LogP) is -1.61. The lowest BCUT2D eigenvalue weighted by atomic mass is 9.41. The van der Waals surface area contributed by atoms with Gasteiger partial charge in [-0.2, -0.15) is 0 Å². The minimum atomic E-state index is -1.65. The molecule has 0 aromatic carbocycles. The van der Waals surface area contributed by atoms with Crippen LogP contribution < -0.4 is 0 Å². The van der Waals surface area contributed by atoms with Gasteiger partial charge in [0.05, 0.1) is 49.8 Å². The van der Waals surface area contributed by atoms with Crippen LogP contribution in [0.3, 0.4) is 0 Å². The summed E-state index contributed by atoms with van der Waals surface area (Å²) in [6.45, 7) is 12.7. The normalized spacial score (nSPS) is 54.4. The molecule has 8 fully saturated rings. The van der Waals surface area contributed by atoms with Gasteiger partial charge in [0.2, 0.25) is 0 Å². The largest absolute Gasteiger partial charge is 0.394 e. The quantitative estimate of drug-likeness (QED) is 0.0924. The van der Waals surface area contributed by atoms with E-state index >= 15 is 0 Å². The summed E-state index contributed by atoms with van der Waals surface area (Å²) >= 11 is 0. The van der Waals surface area contributed by atoms with Crippen molar-refractivity contribution < 1.29 is 94.8 Å². The van der Waals surface area contributed by atoms with Crippen LogP contribution in [0.25, 0.3) is 0 Å². The van der Waals surface area contributed by atoms with Crippen molar-refractivity contribution in [2.45, 2.75) is 222 Å². The highest BCUT2D eigenvalue weighted by molar-refractivity contribution is 5.32. The highest BCUT2D eigenvalue weighted by atomic mass is 16.7. The lowest BCUT2D eigenvalue weighted by Gasteiger charge is -2.64. The van der Waals surface area contributed by atoms with E-state index in [2.05, 4.69) is 34.6 Å². The minimum Gasteiger partial charge on any atom is -0.394 e. The molecule has 8 aliphatic rings. The molecule has 5 aliphatic carbocycles. The van der Waals surface area contributed by atoms with Crippen LogP contribution in [0.1, 0.15) is 106 Å². The maximum absolute atomic E-state index is 12.5. The molecule has 66 heavy (non-hydrogen) atoms. The first kappa shape index (κ1) is 51.6. The molecule has 3 heterocycles. The fourth-order valence-electron chi connectivity index (χ4n) is 15.7. The summed E-state index contributed by atoms with van der Waals surface area (Å²) in [4.78, 5) is 0. The van der Waals surface area contributed by atoms with Gasteiger partial charge < -0.3 is 94.8 Å². The molecule has 19 heteroatoms. The zero-order valence-electron chi connectivity index (χ0n) is 39.5. The monoisotopic (exact) mass is 949 g/mol. The first-order valence-corrected chi connectivity index (χ1v) is 24.4. The second-order valence-electron chi connectivity index (χ2n) is 23.5. The van der Waals surface area contributed by atoms with Crippen LogP contribution in [0.4, 0.5) is 0 Å². The Morgan fingerprint density at radius 2 is 1.24 bits per heavy atom. The second-order valence-corrected chi connectivity index (χ2v) is 23.5. The summed E-state index contributed by atoms with van der Waals surface area (Å²) in [6, 6.07) is 0. The molecule has 3 saturated heterocycles. The van der Waals surface area contributed by atoms with E-state index in [-0.39, 0.29) is 47.5 Å². The average molecular weight is 949 g/mol. The summed E-state index contributed by atoms with van der Waals surface area (Å²) in [7, 11) is 0. The van der Waals surface area contributed by atoms with Gasteiger partial charge >= 0.3 is 0 Å². The summed E-state index contributed by atoms with van der Waals surface area (Å²) in [5.74, 6) is -0.444. The number of rotatable bonds is 13. The van der Waals surface area contributed by atoms with Gasteiger partial charge in [-0.15, -0.1) is 0 Å². The third-order valence-corrected chi connectivity index (χ3v) is 19.5. The zero-order valence-corrected chi connectivity index (χ0v) is 39.5. The Hall–Kier alpha value is -0.760. The lowest BCUT2D eigenvalue weighted by molar-refractivity contribution is -0.331. The van der Waals surface area contributed by atoms with Crippen molar-refractivity contribution in [2.24, 2.45) is 50.7 Å². The molecule has 5 saturated carbocycles. The van der Waals surface area contributed by atoms with Crippen LogP contribution in [0.15, 0.2) is 0 Å². The molecule has 19 nitrogen and oxygen atoms in total. The second kappa shape index (κ2) is 18.1. The van der Waals surface area contributed by atoms with E-state index < -0.39 is 145 Å². The number of aliphatic hydroxyl groups excluding tert-OH is 13. The molecule has 0 bridgehead atoms. The molecule has 8 rings (SSSR count). The SMILES string of the molecule is C[C@H](CC[C@@H](O)C(C)(C)O[C@@H]1O[C@H](CO)[C@@H](O)[C@H](O)[C@H]1O)[C@H]1[C@@H](O[C@@H]2O[C@H](CO)[C@@H](O)[C@H](O)[C@H]2O)C[C@@]2(C)[C@@H]3C[C@H](O)[C@H]4C(C)(C)[C@@H](O[C@@H]5OC[C@@H](O)[C@H](O)[C@H]5O)CC[C@@]45C[C@@]35CC[C@]12C. The molecule has 0 radical (unpaired) electrons. The van der Waals surface area contributed by atoms with Crippen LogP contribution in [-0.4, -0.2) is 202 Å². The summed E-state index contributed by atoms with van der Waals surface area (Å²) in [5.41, 5.74) is -3.04. The molecule has 13 N–H and O–H groups in total. The Kier molecular flexibility index (Phi) is 14.1. The first-order chi connectivity index (χ1) is 30.8. The van der Waals surface area contributed by atoms with Gasteiger partial charge in [-0.3, -0.25) is 0 Å². The van der Waals surface area contributed by atoms with Crippen LogP contribution in [0.5, 0.6) is 0 Å². The Balaban J connectivity index is 1.04. The van der Waals surface area contributed by atoms with E-state index in [1.165, 1.54) is 0 Å². The van der Waals surface area contributed by atoms with Crippen LogP contribution in [-0.2, 0) is 28.4 Å². The van der Waals surface area contributed by atoms with Crippen molar-refractivity contribution in [1.29, 1.82) is 0 Å². The number of fused-ring (bicyclic) bond motifs is 2. The Morgan fingerprint density at radius 1 is 0.652 bits per heavy atom. The van der Waals surface area contributed by atoms with Crippen molar-refractivity contribution >= 4 is 0 Å². The number of ether oxygens (including phenoxy) is 6. The Morgan fingerprint density at radius 3 is 1.86 bits per heavy atom. The van der Waals surface area contributed by atoms with Gasteiger partial charge in [0.15, 0.2) is 18.9 Å². The molecular weight excluding hydrogens is 868 g/mol. The molecule has 382 valence electrons. The van der Waals surface area contributed by atoms with Crippen molar-refractivity contribution in [3.05, 3.63) is 0 Å². The molecule has 2 spiro atoms. The van der Waals surface area contributed by atoms with Crippen molar-refractivity contribution in [1.82, 2.24) is 0 Å². The van der Waals surface area contributed by atoms with E-state index in [0.29, 0.717) is 25.7 Å². The van der Waals surface area contributed by atoms with Crippen molar-refractivity contribution in [3.63, 3.8) is 0 Å². The predicted molar refractivity (Wildman–Crippen MR) is 228 cm³/mol. The van der Waals surface area contributed by atoms with Gasteiger partial charge in [0.1, 0.15) is 67.1 Å².